The van der Waals surface area contributed by atoms with E-state index in [1.54, 1.807) is 0 Å². The van der Waals surface area contributed by atoms with Crippen LogP contribution in [0.4, 0.5) is 0 Å². The van der Waals surface area contributed by atoms with E-state index in [2.05, 4.69) is 33.8 Å². The summed E-state index contributed by atoms with van der Waals surface area (Å²) in [6.45, 7) is 9.23. The minimum Gasteiger partial charge on any atom is -0.508 e. The molecule has 0 radical (unpaired) electrons. The maximum Gasteiger partial charge on any atom is 0.127 e. The average Bonchev–Trinajstić information content (AvgIpc) is 2.84. The monoisotopic (exact) mass is 286 g/mol. The smallest absolute Gasteiger partial charge is 0.127 e. The van der Waals surface area contributed by atoms with Gasteiger partial charge in [-0.1, -0.05) is 27.2 Å². The van der Waals surface area contributed by atoms with Crippen molar-refractivity contribution in [1.29, 1.82) is 0 Å². The van der Waals surface area contributed by atoms with Gasteiger partial charge in [-0.3, -0.25) is 0 Å². The van der Waals surface area contributed by atoms with E-state index in [1.165, 1.54) is 18.4 Å². The molecule has 0 spiro atoms. The van der Waals surface area contributed by atoms with E-state index in [-0.39, 0.29) is 11.0 Å². The van der Waals surface area contributed by atoms with Crippen molar-refractivity contribution >= 4 is 0 Å². The summed E-state index contributed by atoms with van der Waals surface area (Å²) in [6, 6.07) is 4.15. The number of phenols is 1. The minimum atomic E-state index is -0.0187. The highest BCUT2D eigenvalue weighted by Gasteiger charge is 2.66. The van der Waals surface area contributed by atoms with Crippen molar-refractivity contribution in [3.63, 3.8) is 0 Å². The average molecular weight is 286 g/mol. The SMILES string of the molecule is CCCc1cc(O)c2c(c1)O[C@@]1(C)CC3C[C@H]1[C@H]2C3(C)C. The maximum absolute atomic E-state index is 10.6. The van der Waals surface area contributed by atoms with Crippen LogP contribution in [0.25, 0.3) is 0 Å². The van der Waals surface area contributed by atoms with E-state index >= 15 is 0 Å². The molecular formula is C19H26O2. The summed E-state index contributed by atoms with van der Waals surface area (Å²) in [7, 11) is 0. The molecule has 3 aliphatic rings. The molecule has 2 aliphatic carbocycles. The highest BCUT2D eigenvalue weighted by atomic mass is 16.5. The van der Waals surface area contributed by atoms with Gasteiger partial charge in [0, 0.05) is 17.4 Å². The normalized spacial score (nSPS) is 38.2. The predicted molar refractivity (Wildman–Crippen MR) is 83.9 cm³/mol. The Morgan fingerprint density at radius 3 is 2.71 bits per heavy atom. The fraction of sp³-hybridized carbons (Fsp3) is 0.684. The number of fused-ring (bicyclic) bond motifs is 3. The van der Waals surface area contributed by atoms with Gasteiger partial charge in [-0.25, -0.2) is 0 Å². The Labute approximate surface area is 127 Å². The molecule has 21 heavy (non-hydrogen) atoms. The molecule has 2 nitrogen and oxygen atoms in total. The molecule has 0 aromatic heterocycles. The van der Waals surface area contributed by atoms with E-state index in [0.29, 0.717) is 17.6 Å². The summed E-state index contributed by atoms with van der Waals surface area (Å²) in [5, 5.41) is 10.6. The summed E-state index contributed by atoms with van der Waals surface area (Å²) >= 11 is 0. The van der Waals surface area contributed by atoms with Gasteiger partial charge in [-0.05, 0) is 55.2 Å². The second-order valence-electron chi connectivity index (χ2n) is 8.23. The van der Waals surface area contributed by atoms with Gasteiger partial charge in [-0.2, -0.15) is 0 Å². The first-order valence-electron chi connectivity index (χ1n) is 8.41. The molecule has 0 amide bonds. The summed E-state index contributed by atoms with van der Waals surface area (Å²) in [6.07, 6.45) is 4.51. The number of benzene rings is 1. The van der Waals surface area contributed by atoms with E-state index in [4.69, 9.17) is 4.74 Å². The Hall–Kier alpha value is -1.18. The van der Waals surface area contributed by atoms with Crippen LogP contribution in [-0.2, 0) is 6.42 Å². The van der Waals surface area contributed by atoms with Crippen molar-refractivity contribution in [2.45, 2.75) is 64.9 Å². The molecule has 2 heteroatoms. The van der Waals surface area contributed by atoms with Gasteiger partial charge >= 0.3 is 0 Å². The Bertz CT molecular complexity index is 604. The number of phenolic OH excluding ortho intramolecular Hbond substituents is 1. The van der Waals surface area contributed by atoms with Gasteiger partial charge in [0.15, 0.2) is 0 Å². The second-order valence-corrected chi connectivity index (χ2v) is 8.23. The molecule has 114 valence electrons. The number of rotatable bonds is 2. The van der Waals surface area contributed by atoms with Gasteiger partial charge in [0.1, 0.15) is 17.1 Å². The van der Waals surface area contributed by atoms with Crippen LogP contribution in [0.1, 0.15) is 64.0 Å². The highest BCUT2D eigenvalue weighted by molar-refractivity contribution is 5.54. The van der Waals surface area contributed by atoms with Crippen LogP contribution in [0.2, 0.25) is 0 Å². The highest BCUT2D eigenvalue weighted by Crippen LogP contribution is 2.71. The molecular weight excluding hydrogens is 260 g/mol. The van der Waals surface area contributed by atoms with E-state index in [9.17, 15) is 5.11 Å². The zero-order chi connectivity index (χ0) is 15.0. The summed E-state index contributed by atoms with van der Waals surface area (Å²) < 4.78 is 6.45. The largest absolute Gasteiger partial charge is 0.508 e. The van der Waals surface area contributed by atoms with Crippen molar-refractivity contribution < 1.29 is 9.84 Å². The molecule has 1 aromatic rings. The molecule has 1 N–H and O–H groups in total. The van der Waals surface area contributed by atoms with Crippen LogP contribution in [-0.4, -0.2) is 10.7 Å². The Morgan fingerprint density at radius 2 is 2.05 bits per heavy atom. The van der Waals surface area contributed by atoms with Crippen LogP contribution in [0, 0.1) is 17.3 Å². The molecule has 2 bridgehead atoms. The predicted octanol–water partition coefficient (Wildman–Crippen LogP) is 4.65. The first kappa shape index (κ1) is 13.5. The fourth-order valence-electron chi connectivity index (χ4n) is 5.55. The summed E-state index contributed by atoms with van der Waals surface area (Å²) in [5.74, 6) is 3.15. The standard InChI is InChI=1S/C19H26O2/c1-5-6-11-7-14(20)16-15(8-11)21-19(4)10-12-9-13(19)17(16)18(12,2)3/h7-8,12-13,17,20H,5-6,9-10H2,1-4H3/t12?,13-,17+,19-/m0/s1. The fourth-order valence-corrected chi connectivity index (χ4v) is 5.55. The topological polar surface area (TPSA) is 29.5 Å². The van der Waals surface area contributed by atoms with Crippen molar-refractivity contribution in [1.82, 2.24) is 0 Å². The summed E-state index contributed by atoms with van der Waals surface area (Å²) in [5.41, 5.74) is 2.54. The van der Waals surface area contributed by atoms with Crippen LogP contribution in [0.5, 0.6) is 11.5 Å². The van der Waals surface area contributed by atoms with Gasteiger partial charge in [0.05, 0.1) is 0 Å². The first-order chi connectivity index (χ1) is 9.87. The van der Waals surface area contributed by atoms with Gasteiger partial charge in [-0.15, -0.1) is 0 Å². The third-order valence-corrected chi connectivity index (χ3v) is 6.60. The van der Waals surface area contributed by atoms with Crippen LogP contribution in [0.15, 0.2) is 12.1 Å². The summed E-state index contributed by atoms with van der Waals surface area (Å²) in [4.78, 5) is 0. The number of hydrogen-bond acceptors (Lipinski definition) is 2. The van der Waals surface area contributed by atoms with Crippen molar-refractivity contribution in [3.8, 4) is 11.5 Å². The lowest BCUT2D eigenvalue weighted by atomic mass is 9.60. The second kappa shape index (κ2) is 3.97. The molecule has 2 fully saturated rings. The third-order valence-electron chi connectivity index (χ3n) is 6.60. The van der Waals surface area contributed by atoms with E-state index < -0.39 is 0 Å². The Kier molecular flexibility index (Phi) is 2.55. The van der Waals surface area contributed by atoms with Gasteiger partial charge in [0.2, 0.25) is 0 Å². The number of aryl methyl sites for hydroxylation is 1. The lowest BCUT2D eigenvalue weighted by Crippen LogP contribution is -2.49. The van der Waals surface area contributed by atoms with Crippen molar-refractivity contribution in [2.75, 3.05) is 0 Å². The lowest BCUT2D eigenvalue weighted by Gasteiger charge is -2.51. The van der Waals surface area contributed by atoms with Crippen LogP contribution < -0.4 is 4.74 Å². The molecule has 1 unspecified atom stereocenters. The lowest BCUT2D eigenvalue weighted by molar-refractivity contribution is -0.0368. The molecule has 1 aromatic carbocycles. The minimum absolute atomic E-state index is 0.0187. The van der Waals surface area contributed by atoms with Crippen LogP contribution >= 0.6 is 0 Å². The molecule has 4 rings (SSSR count). The van der Waals surface area contributed by atoms with Crippen molar-refractivity contribution in [3.05, 3.63) is 23.3 Å². The third kappa shape index (κ3) is 1.59. The zero-order valence-corrected chi connectivity index (χ0v) is 13.6. The van der Waals surface area contributed by atoms with Crippen LogP contribution in [0.3, 0.4) is 0 Å². The maximum atomic E-state index is 10.6. The quantitative estimate of drug-likeness (QED) is 0.857. The number of hydrogen-bond donors (Lipinski definition) is 1. The van der Waals surface area contributed by atoms with E-state index in [0.717, 1.165) is 30.1 Å². The van der Waals surface area contributed by atoms with Gasteiger partial charge in [0.25, 0.3) is 0 Å². The molecule has 4 atom stereocenters. The van der Waals surface area contributed by atoms with E-state index in [1.807, 2.05) is 6.07 Å². The molecule has 0 saturated heterocycles. The number of ether oxygens (including phenoxy) is 1. The van der Waals surface area contributed by atoms with Crippen molar-refractivity contribution in [2.24, 2.45) is 17.3 Å². The Morgan fingerprint density at radius 1 is 1.29 bits per heavy atom. The zero-order valence-electron chi connectivity index (χ0n) is 13.6. The van der Waals surface area contributed by atoms with Gasteiger partial charge < -0.3 is 9.84 Å². The first-order valence-corrected chi connectivity index (χ1v) is 8.41. The number of aromatic hydroxyl groups is 1. The molecule has 1 heterocycles. The molecule has 1 aliphatic heterocycles. The Balaban J connectivity index is 1.89. The molecule has 2 saturated carbocycles.